The van der Waals surface area contributed by atoms with E-state index in [4.69, 9.17) is 4.99 Å². The van der Waals surface area contributed by atoms with Crippen molar-refractivity contribution >= 4 is 41.3 Å². The minimum absolute atomic E-state index is 0. The van der Waals surface area contributed by atoms with Crippen LogP contribution >= 0.6 is 35.3 Å². The van der Waals surface area contributed by atoms with E-state index in [0.29, 0.717) is 11.8 Å². The van der Waals surface area contributed by atoms with Gasteiger partial charge >= 0.3 is 0 Å². The molecule has 0 bridgehead atoms. The summed E-state index contributed by atoms with van der Waals surface area (Å²) in [4.78, 5) is 11.6. The molecule has 0 spiro atoms. The van der Waals surface area contributed by atoms with Crippen LogP contribution in [0.1, 0.15) is 35.5 Å². The Labute approximate surface area is 171 Å². The Hall–Kier alpha value is -1.15. The fourth-order valence-corrected chi connectivity index (χ4v) is 3.63. The minimum atomic E-state index is 0. The lowest BCUT2D eigenvalue weighted by Gasteiger charge is -2.21. The zero-order valence-electron chi connectivity index (χ0n) is 15.1. The van der Waals surface area contributed by atoms with Gasteiger partial charge in [-0.2, -0.15) is 0 Å². The van der Waals surface area contributed by atoms with Gasteiger partial charge < -0.3 is 10.2 Å². The summed E-state index contributed by atoms with van der Waals surface area (Å²) in [5, 5.41) is 6.64. The maximum atomic E-state index is 4.86. The summed E-state index contributed by atoms with van der Waals surface area (Å²) >= 11 is 1.70. The summed E-state index contributed by atoms with van der Waals surface area (Å²) in [5.74, 6) is 2.34. The smallest absolute Gasteiger partial charge is 0.194 e. The number of thiazole rings is 1. The normalized spacial score (nSPS) is 19.2. The second-order valence-corrected chi connectivity index (χ2v) is 7.48. The highest BCUT2D eigenvalue weighted by atomic mass is 127. The number of hydrogen-bond donors (Lipinski definition) is 1. The number of nitrogens with one attached hydrogen (secondary N) is 1. The van der Waals surface area contributed by atoms with Crippen molar-refractivity contribution in [3.63, 3.8) is 0 Å². The molecule has 2 atom stereocenters. The van der Waals surface area contributed by atoms with E-state index < -0.39 is 0 Å². The predicted molar refractivity (Wildman–Crippen MR) is 117 cm³/mol. The van der Waals surface area contributed by atoms with Crippen LogP contribution in [0.3, 0.4) is 0 Å². The number of halogens is 1. The molecule has 1 saturated carbocycles. The van der Waals surface area contributed by atoms with E-state index in [1.165, 1.54) is 12.0 Å². The van der Waals surface area contributed by atoms with E-state index in [1.807, 2.05) is 6.92 Å². The molecule has 0 saturated heterocycles. The second-order valence-electron chi connectivity index (χ2n) is 6.42. The van der Waals surface area contributed by atoms with Gasteiger partial charge in [0.15, 0.2) is 5.96 Å². The number of hydrogen-bond acceptors (Lipinski definition) is 3. The van der Waals surface area contributed by atoms with Gasteiger partial charge in [-0.25, -0.2) is 4.98 Å². The van der Waals surface area contributed by atoms with Crippen molar-refractivity contribution in [2.24, 2.45) is 10.9 Å². The average Bonchev–Trinajstić information content (AvgIpc) is 3.26. The molecule has 2 unspecified atom stereocenters. The lowest BCUT2D eigenvalue weighted by Crippen LogP contribution is -2.38. The molecule has 0 amide bonds. The molecular formula is C19H27IN4S. The van der Waals surface area contributed by atoms with Gasteiger partial charge in [-0.1, -0.05) is 30.3 Å². The molecule has 1 aliphatic rings. The molecule has 4 nitrogen and oxygen atoms in total. The molecule has 1 heterocycles. The molecule has 1 N–H and O–H groups in total. The summed E-state index contributed by atoms with van der Waals surface area (Å²) in [7, 11) is 2.08. The average molecular weight is 470 g/mol. The Morgan fingerprint density at radius 1 is 1.36 bits per heavy atom. The molecule has 1 aromatic carbocycles. The maximum absolute atomic E-state index is 4.86. The van der Waals surface area contributed by atoms with Gasteiger partial charge in [0.2, 0.25) is 0 Å². The van der Waals surface area contributed by atoms with Crippen LogP contribution in [0.25, 0.3) is 0 Å². The van der Waals surface area contributed by atoms with Gasteiger partial charge in [0.25, 0.3) is 0 Å². The van der Waals surface area contributed by atoms with Gasteiger partial charge in [-0.15, -0.1) is 35.3 Å². The Balaban J connectivity index is 0.00000225. The molecule has 3 rings (SSSR count). The lowest BCUT2D eigenvalue weighted by atomic mass is 10.1. The molecule has 0 aliphatic heterocycles. The molecule has 2 aromatic rings. The largest absolute Gasteiger partial charge is 0.357 e. The minimum Gasteiger partial charge on any atom is -0.357 e. The molecule has 136 valence electrons. The predicted octanol–water partition coefficient (Wildman–Crippen LogP) is 4.27. The van der Waals surface area contributed by atoms with Gasteiger partial charge in [0.05, 0.1) is 17.2 Å². The van der Waals surface area contributed by atoms with Crippen molar-refractivity contribution in [2.75, 3.05) is 20.1 Å². The fraction of sp³-hybridized carbons (Fsp3) is 0.474. The van der Waals surface area contributed by atoms with Crippen LogP contribution in [-0.2, 0) is 6.54 Å². The highest BCUT2D eigenvalue weighted by Gasteiger charge is 2.37. The van der Waals surface area contributed by atoms with E-state index in [9.17, 15) is 0 Å². The highest BCUT2D eigenvalue weighted by molar-refractivity contribution is 14.0. The summed E-state index contributed by atoms with van der Waals surface area (Å²) in [6.07, 6.45) is 1.25. The summed E-state index contributed by atoms with van der Waals surface area (Å²) in [5.41, 5.74) is 2.56. The van der Waals surface area contributed by atoms with Crippen molar-refractivity contribution < 1.29 is 0 Å². The van der Waals surface area contributed by atoms with Crippen LogP contribution in [0.2, 0.25) is 0 Å². The van der Waals surface area contributed by atoms with Crippen LogP contribution in [0, 0.1) is 12.8 Å². The third kappa shape index (κ3) is 5.67. The van der Waals surface area contributed by atoms with Crippen LogP contribution in [-0.4, -0.2) is 36.0 Å². The molecule has 1 fully saturated rings. The van der Waals surface area contributed by atoms with Crippen LogP contribution in [0.15, 0.2) is 40.7 Å². The SMILES string of the molecule is CCNC(=NCC1CC1c1ccccc1)N(C)Cc1csc(C)n1.I. The number of rotatable bonds is 6. The van der Waals surface area contributed by atoms with E-state index >= 15 is 0 Å². The molecule has 1 aliphatic carbocycles. The van der Waals surface area contributed by atoms with E-state index in [-0.39, 0.29) is 24.0 Å². The van der Waals surface area contributed by atoms with Crippen LogP contribution in [0.5, 0.6) is 0 Å². The number of aliphatic imine (C=N–C) groups is 1. The van der Waals surface area contributed by atoms with E-state index in [2.05, 4.69) is 64.9 Å². The standard InChI is InChI=1S/C19H26N4S.HI/c1-4-20-19(23(3)12-17-13-24-14(2)22-17)21-11-16-10-18(16)15-8-6-5-7-9-15;/h5-9,13,16,18H,4,10-12H2,1-3H3,(H,20,21);1H. The third-order valence-electron chi connectivity index (χ3n) is 4.39. The van der Waals surface area contributed by atoms with Crippen molar-refractivity contribution in [3.05, 3.63) is 52.0 Å². The monoisotopic (exact) mass is 470 g/mol. The number of guanidine groups is 1. The zero-order valence-corrected chi connectivity index (χ0v) is 18.3. The summed E-state index contributed by atoms with van der Waals surface area (Å²) < 4.78 is 0. The molecule has 0 radical (unpaired) electrons. The Morgan fingerprint density at radius 3 is 2.76 bits per heavy atom. The lowest BCUT2D eigenvalue weighted by molar-refractivity contribution is 0.470. The number of aryl methyl sites for hydroxylation is 1. The number of nitrogens with zero attached hydrogens (tertiary/aromatic N) is 3. The third-order valence-corrected chi connectivity index (χ3v) is 5.21. The second kappa shape index (κ2) is 9.52. The topological polar surface area (TPSA) is 40.5 Å². The first-order valence-corrected chi connectivity index (χ1v) is 9.50. The molecule has 25 heavy (non-hydrogen) atoms. The van der Waals surface area contributed by atoms with E-state index in [1.54, 1.807) is 11.3 Å². The highest BCUT2D eigenvalue weighted by Crippen LogP contribution is 2.47. The van der Waals surface area contributed by atoms with Gasteiger partial charge in [-0.05, 0) is 37.7 Å². The number of benzene rings is 1. The first kappa shape index (κ1) is 20.2. The van der Waals surface area contributed by atoms with Crippen LogP contribution in [0.4, 0.5) is 0 Å². The maximum Gasteiger partial charge on any atom is 0.194 e. The first-order chi connectivity index (χ1) is 11.7. The summed E-state index contributed by atoms with van der Waals surface area (Å²) in [6.45, 7) is 6.72. The first-order valence-electron chi connectivity index (χ1n) is 8.62. The Bertz CT molecular complexity index is 686. The molecule has 1 aromatic heterocycles. The molecular weight excluding hydrogens is 443 g/mol. The van der Waals surface area contributed by atoms with Crippen molar-refractivity contribution in [2.45, 2.75) is 32.7 Å². The van der Waals surface area contributed by atoms with E-state index in [0.717, 1.165) is 36.3 Å². The molecule has 6 heteroatoms. The zero-order chi connectivity index (χ0) is 16.9. The Kier molecular flexibility index (Phi) is 7.68. The van der Waals surface area contributed by atoms with Crippen molar-refractivity contribution in [1.29, 1.82) is 0 Å². The van der Waals surface area contributed by atoms with Gasteiger partial charge in [-0.3, -0.25) is 4.99 Å². The quantitative estimate of drug-likeness (QED) is 0.390. The van der Waals surface area contributed by atoms with Gasteiger partial charge in [0.1, 0.15) is 0 Å². The van der Waals surface area contributed by atoms with Gasteiger partial charge in [0, 0.05) is 25.5 Å². The summed E-state index contributed by atoms with van der Waals surface area (Å²) in [6, 6.07) is 10.8. The number of aromatic nitrogens is 1. The van der Waals surface area contributed by atoms with Crippen molar-refractivity contribution in [3.8, 4) is 0 Å². The Morgan fingerprint density at radius 2 is 2.12 bits per heavy atom. The fourth-order valence-electron chi connectivity index (χ4n) is 3.03. The van der Waals surface area contributed by atoms with Crippen LogP contribution < -0.4 is 5.32 Å². The van der Waals surface area contributed by atoms with Crippen molar-refractivity contribution in [1.82, 2.24) is 15.2 Å².